The Morgan fingerprint density at radius 3 is 1.97 bits per heavy atom. The van der Waals surface area contributed by atoms with E-state index in [-0.39, 0.29) is 11.6 Å². The van der Waals surface area contributed by atoms with Gasteiger partial charge in [0.05, 0.1) is 0 Å². The molecule has 0 fully saturated rings. The van der Waals surface area contributed by atoms with Crippen LogP contribution in [-0.4, -0.2) is 0 Å². The van der Waals surface area contributed by atoms with Crippen molar-refractivity contribution in [2.45, 2.75) is 64.7 Å². The first-order valence-electron chi connectivity index (χ1n) is 11.3. The van der Waals surface area contributed by atoms with Gasteiger partial charge in [0.15, 0.2) is 0 Å². The van der Waals surface area contributed by atoms with E-state index in [0.717, 1.165) is 29.5 Å². The lowest BCUT2D eigenvalue weighted by atomic mass is 9.93. The normalized spacial score (nSPS) is 11.0. The zero-order valence-electron chi connectivity index (χ0n) is 18.0. The largest absolute Gasteiger partial charge is 0.207 e. The molecule has 0 unspecified atom stereocenters. The minimum absolute atomic E-state index is 0.283. The van der Waals surface area contributed by atoms with Gasteiger partial charge in [-0.05, 0) is 53.3 Å². The quantitative estimate of drug-likeness (QED) is 0.279. The highest BCUT2D eigenvalue weighted by atomic mass is 19.1. The summed E-state index contributed by atoms with van der Waals surface area (Å²) in [7, 11) is 0. The second-order valence-electron chi connectivity index (χ2n) is 8.10. The Hall–Kier alpha value is -2.48. The van der Waals surface area contributed by atoms with E-state index in [1.165, 1.54) is 57.1 Å². The molecule has 0 saturated carbocycles. The summed E-state index contributed by atoms with van der Waals surface area (Å²) in [5.74, 6) is -0.637. The highest BCUT2D eigenvalue weighted by Gasteiger charge is 2.13. The van der Waals surface area contributed by atoms with E-state index in [4.69, 9.17) is 0 Å². The van der Waals surface area contributed by atoms with Crippen LogP contribution in [0.1, 0.15) is 63.9 Å². The van der Waals surface area contributed by atoms with Crippen molar-refractivity contribution in [3.63, 3.8) is 0 Å². The number of aryl methyl sites for hydroxylation is 1. The van der Waals surface area contributed by atoms with Gasteiger partial charge < -0.3 is 0 Å². The number of hydrogen-bond acceptors (Lipinski definition) is 0. The summed E-state index contributed by atoms with van der Waals surface area (Å²) in [5, 5.41) is 0. The van der Waals surface area contributed by atoms with Crippen molar-refractivity contribution in [1.29, 1.82) is 0 Å². The smallest absolute Gasteiger partial charge is 0.131 e. The van der Waals surface area contributed by atoms with Crippen LogP contribution in [0.4, 0.5) is 8.78 Å². The van der Waals surface area contributed by atoms with E-state index in [9.17, 15) is 8.78 Å². The molecule has 0 heterocycles. The van der Waals surface area contributed by atoms with Crippen molar-refractivity contribution in [2.75, 3.05) is 0 Å². The molecule has 0 radical (unpaired) electrons. The van der Waals surface area contributed by atoms with Crippen LogP contribution in [0.5, 0.6) is 0 Å². The van der Waals surface area contributed by atoms with Gasteiger partial charge in [-0.1, -0.05) is 100 Å². The first kappa shape index (κ1) is 22.2. The SMILES string of the molecule is CCCCCCCCCCc1ccc(-c2cc(F)ccc2-c2ccccc2)c(F)c1. The van der Waals surface area contributed by atoms with Crippen LogP contribution in [0.3, 0.4) is 0 Å². The molecule has 0 saturated heterocycles. The maximum Gasteiger partial charge on any atom is 0.131 e. The Kier molecular flexibility index (Phi) is 8.62. The number of halogens is 2. The molecule has 0 atom stereocenters. The first-order chi connectivity index (χ1) is 14.7. The summed E-state index contributed by atoms with van der Waals surface area (Å²) in [4.78, 5) is 0. The van der Waals surface area contributed by atoms with Gasteiger partial charge in [0.2, 0.25) is 0 Å². The molecular weight excluding hydrogens is 374 g/mol. The molecule has 0 bridgehead atoms. The second-order valence-corrected chi connectivity index (χ2v) is 8.10. The minimum Gasteiger partial charge on any atom is -0.207 e. The van der Waals surface area contributed by atoms with Crippen LogP contribution in [0.25, 0.3) is 22.3 Å². The van der Waals surface area contributed by atoms with E-state index in [1.807, 2.05) is 36.4 Å². The van der Waals surface area contributed by atoms with Crippen LogP contribution < -0.4 is 0 Å². The summed E-state index contributed by atoms with van der Waals surface area (Å²) in [5.41, 5.74) is 3.85. The molecule has 0 nitrogen and oxygen atoms in total. The van der Waals surface area contributed by atoms with Crippen LogP contribution >= 0.6 is 0 Å². The Labute approximate surface area is 180 Å². The predicted octanol–water partition coefficient (Wildman–Crippen LogP) is 8.98. The zero-order valence-corrected chi connectivity index (χ0v) is 18.0. The number of benzene rings is 3. The second kappa shape index (κ2) is 11.6. The third kappa shape index (κ3) is 6.26. The maximum atomic E-state index is 15.0. The topological polar surface area (TPSA) is 0 Å². The van der Waals surface area contributed by atoms with E-state index in [0.29, 0.717) is 11.1 Å². The lowest BCUT2D eigenvalue weighted by molar-refractivity contribution is 0.574. The minimum atomic E-state index is -0.355. The van der Waals surface area contributed by atoms with Crippen molar-refractivity contribution in [3.8, 4) is 22.3 Å². The molecule has 30 heavy (non-hydrogen) atoms. The van der Waals surface area contributed by atoms with Gasteiger partial charge in [0.1, 0.15) is 11.6 Å². The van der Waals surface area contributed by atoms with Crippen molar-refractivity contribution < 1.29 is 8.78 Å². The molecule has 2 heteroatoms. The number of unbranched alkanes of at least 4 members (excludes halogenated alkanes) is 7. The first-order valence-corrected chi connectivity index (χ1v) is 11.3. The van der Waals surface area contributed by atoms with Gasteiger partial charge in [0.25, 0.3) is 0 Å². The fraction of sp³-hybridized carbons (Fsp3) is 0.357. The van der Waals surface area contributed by atoms with Crippen molar-refractivity contribution >= 4 is 0 Å². The summed E-state index contributed by atoms with van der Waals surface area (Å²) >= 11 is 0. The third-order valence-electron chi connectivity index (χ3n) is 5.71. The van der Waals surface area contributed by atoms with Gasteiger partial charge >= 0.3 is 0 Å². The molecule has 0 aliphatic carbocycles. The highest BCUT2D eigenvalue weighted by molar-refractivity contribution is 5.83. The molecule has 3 aromatic carbocycles. The van der Waals surface area contributed by atoms with E-state index < -0.39 is 0 Å². The van der Waals surface area contributed by atoms with E-state index >= 15 is 0 Å². The Morgan fingerprint density at radius 2 is 1.27 bits per heavy atom. The fourth-order valence-electron chi connectivity index (χ4n) is 4.00. The molecule has 0 spiro atoms. The molecule has 3 aromatic rings. The lowest BCUT2D eigenvalue weighted by Gasteiger charge is -2.12. The lowest BCUT2D eigenvalue weighted by Crippen LogP contribution is -1.93. The van der Waals surface area contributed by atoms with Gasteiger partial charge in [-0.2, -0.15) is 0 Å². The summed E-state index contributed by atoms with van der Waals surface area (Å²) in [6, 6.07) is 19.7. The van der Waals surface area contributed by atoms with Gasteiger partial charge in [-0.15, -0.1) is 0 Å². The monoisotopic (exact) mass is 406 g/mol. The van der Waals surface area contributed by atoms with Crippen molar-refractivity contribution in [2.24, 2.45) is 0 Å². The van der Waals surface area contributed by atoms with Crippen molar-refractivity contribution in [1.82, 2.24) is 0 Å². The number of rotatable bonds is 11. The van der Waals surface area contributed by atoms with Gasteiger partial charge in [-0.3, -0.25) is 0 Å². The average molecular weight is 407 g/mol. The predicted molar refractivity (Wildman–Crippen MR) is 124 cm³/mol. The van der Waals surface area contributed by atoms with Crippen LogP contribution in [-0.2, 0) is 6.42 Å². The Morgan fingerprint density at radius 1 is 0.600 bits per heavy atom. The highest BCUT2D eigenvalue weighted by Crippen LogP contribution is 2.34. The Balaban J connectivity index is 1.66. The number of hydrogen-bond donors (Lipinski definition) is 0. The van der Waals surface area contributed by atoms with Gasteiger partial charge in [-0.25, -0.2) is 8.78 Å². The van der Waals surface area contributed by atoms with Crippen LogP contribution in [0.2, 0.25) is 0 Å². The summed E-state index contributed by atoms with van der Waals surface area (Å²) in [6.07, 6.45) is 11.0. The zero-order chi connectivity index (χ0) is 21.2. The molecule has 0 aromatic heterocycles. The van der Waals surface area contributed by atoms with Crippen molar-refractivity contribution in [3.05, 3.63) is 83.9 Å². The van der Waals surface area contributed by atoms with Crippen LogP contribution in [0.15, 0.2) is 66.7 Å². The standard InChI is InChI=1S/C28H32F2/c1-2-3-4-5-6-7-8-10-13-22-16-18-26(28(30)20-22)27-21-24(29)17-19-25(27)23-14-11-9-12-15-23/h9,11-12,14-21H,2-8,10,13H2,1H3. The molecule has 3 rings (SSSR count). The maximum absolute atomic E-state index is 15.0. The molecular formula is C28H32F2. The third-order valence-corrected chi connectivity index (χ3v) is 5.71. The molecule has 158 valence electrons. The summed E-state index contributed by atoms with van der Waals surface area (Å²) < 4.78 is 29.0. The van der Waals surface area contributed by atoms with Gasteiger partial charge in [0, 0.05) is 5.56 Å². The summed E-state index contributed by atoms with van der Waals surface area (Å²) in [6.45, 7) is 2.24. The molecule has 0 amide bonds. The molecule has 0 aliphatic heterocycles. The molecule has 0 aliphatic rings. The fourth-order valence-corrected chi connectivity index (χ4v) is 4.00. The van der Waals surface area contributed by atoms with Crippen LogP contribution in [0, 0.1) is 11.6 Å². The Bertz CT molecular complexity index is 915. The van der Waals surface area contributed by atoms with E-state index in [2.05, 4.69) is 6.92 Å². The molecule has 0 N–H and O–H groups in total. The average Bonchev–Trinajstić information content (AvgIpc) is 2.76. The van der Waals surface area contributed by atoms with E-state index in [1.54, 1.807) is 18.2 Å².